The smallest absolute Gasteiger partial charge is 0.191 e. The van der Waals surface area contributed by atoms with Crippen LogP contribution in [-0.2, 0) is 4.74 Å². The number of rotatable bonds is 8. The molecule has 0 aromatic rings. The molecule has 5 nitrogen and oxygen atoms in total. The minimum Gasteiger partial charge on any atom is -0.379 e. The fourth-order valence-corrected chi connectivity index (χ4v) is 4.86. The summed E-state index contributed by atoms with van der Waals surface area (Å²) in [5.74, 6) is 4.20. The molecular weight excluding hydrogens is 447 g/mol. The summed E-state index contributed by atoms with van der Waals surface area (Å²) in [4.78, 5) is 7.59. The summed E-state index contributed by atoms with van der Waals surface area (Å²) in [6, 6.07) is 0. The molecule has 2 heterocycles. The van der Waals surface area contributed by atoms with E-state index in [2.05, 4.69) is 48.1 Å². The molecule has 1 atom stereocenters. The second-order valence-corrected chi connectivity index (χ2v) is 8.39. The van der Waals surface area contributed by atoms with Crippen molar-refractivity contribution in [2.45, 2.75) is 45.6 Å². The van der Waals surface area contributed by atoms with Gasteiger partial charge in [0.1, 0.15) is 0 Å². The minimum absolute atomic E-state index is 0. The molecule has 7 heteroatoms. The van der Waals surface area contributed by atoms with Crippen LogP contribution in [0.15, 0.2) is 4.99 Å². The lowest BCUT2D eigenvalue weighted by Gasteiger charge is -2.42. The molecule has 2 N–H and O–H groups in total. The van der Waals surface area contributed by atoms with Crippen molar-refractivity contribution in [3.05, 3.63) is 0 Å². The van der Waals surface area contributed by atoms with E-state index in [9.17, 15) is 0 Å². The van der Waals surface area contributed by atoms with Crippen molar-refractivity contribution in [2.24, 2.45) is 10.9 Å². The quantitative estimate of drug-likeness (QED) is 0.240. The van der Waals surface area contributed by atoms with Gasteiger partial charge in [0, 0.05) is 31.9 Å². The van der Waals surface area contributed by atoms with Gasteiger partial charge in [0.15, 0.2) is 5.96 Å². The van der Waals surface area contributed by atoms with Crippen LogP contribution in [0.3, 0.4) is 0 Å². The van der Waals surface area contributed by atoms with Gasteiger partial charge >= 0.3 is 0 Å². The molecule has 2 aliphatic heterocycles. The third-order valence-corrected chi connectivity index (χ3v) is 6.13. The number of hydrogen-bond acceptors (Lipinski definition) is 4. The van der Waals surface area contributed by atoms with E-state index in [1.807, 2.05) is 0 Å². The molecule has 2 saturated heterocycles. The molecule has 2 aliphatic rings. The Balaban J connectivity index is 0.00000312. The summed E-state index contributed by atoms with van der Waals surface area (Å²) < 4.78 is 5.54. The number of ether oxygens (including phenoxy) is 1. The highest BCUT2D eigenvalue weighted by Gasteiger charge is 2.40. The standard InChI is InChI=1S/C18H36N4OS.HI/c1-4-19-17(20-8-5-6-16(2)3)21-14-18(7-13-24-15-18)22-9-11-23-12-10-22;/h16H,4-15H2,1-3H3,(H2,19,20,21);1H. The summed E-state index contributed by atoms with van der Waals surface area (Å²) >= 11 is 2.07. The Kier molecular flexibility index (Phi) is 11.8. The SMILES string of the molecule is CCNC(=NCC1(N2CCOCC2)CCSC1)NCCCC(C)C.I. The second kappa shape index (κ2) is 12.6. The van der Waals surface area contributed by atoms with Crippen LogP contribution in [0.2, 0.25) is 0 Å². The Hall–Kier alpha value is 0.270. The van der Waals surface area contributed by atoms with Crippen LogP contribution in [0.1, 0.15) is 40.0 Å². The molecule has 2 fully saturated rings. The van der Waals surface area contributed by atoms with Gasteiger partial charge in [0.2, 0.25) is 0 Å². The Morgan fingerprint density at radius 1 is 1.28 bits per heavy atom. The first-order valence-corrected chi connectivity index (χ1v) is 10.7. The number of thioether (sulfide) groups is 1. The molecule has 25 heavy (non-hydrogen) atoms. The van der Waals surface area contributed by atoms with Crippen LogP contribution >= 0.6 is 35.7 Å². The van der Waals surface area contributed by atoms with Gasteiger partial charge in [-0.05, 0) is 37.9 Å². The molecule has 2 rings (SSSR count). The van der Waals surface area contributed by atoms with Crippen LogP contribution in [0.4, 0.5) is 0 Å². The number of guanidine groups is 1. The molecule has 0 amide bonds. The van der Waals surface area contributed by atoms with Gasteiger partial charge in [0.25, 0.3) is 0 Å². The maximum Gasteiger partial charge on any atom is 0.191 e. The van der Waals surface area contributed by atoms with Gasteiger partial charge in [-0.15, -0.1) is 24.0 Å². The first kappa shape index (κ1) is 23.3. The maximum absolute atomic E-state index is 5.54. The monoisotopic (exact) mass is 484 g/mol. The molecule has 0 saturated carbocycles. The van der Waals surface area contributed by atoms with Crippen molar-refractivity contribution >= 4 is 41.7 Å². The lowest BCUT2D eigenvalue weighted by Crippen LogP contribution is -2.56. The summed E-state index contributed by atoms with van der Waals surface area (Å²) in [6.07, 6.45) is 3.71. The van der Waals surface area contributed by atoms with Gasteiger partial charge < -0.3 is 15.4 Å². The van der Waals surface area contributed by atoms with Crippen LogP contribution in [0.5, 0.6) is 0 Å². The van der Waals surface area contributed by atoms with E-state index in [1.54, 1.807) is 0 Å². The van der Waals surface area contributed by atoms with Crippen LogP contribution in [0, 0.1) is 5.92 Å². The number of halogens is 1. The average Bonchev–Trinajstić information content (AvgIpc) is 3.07. The largest absolute Gasteiger partial charge is 0.379 e. The zero-order valence-corrected chi connectivity index (χ0v) is 19.3. The highest BCUT2D eigenvalue weighted by molar-refractivity contribution is 14.0. The normalized spacial score (nSPS) is 25.0. The van der Waals surface area contributed by atoms with Crippen molar-refractivity contribution in [1.82, 2.24) is 15.5 Å². The third-order valence-electron chi connectivity index (χ3n) is 4.89. The molecular formula is C18H37IN4OS. The van der Waals surface area contributed by atoms with Gasteiger partial charge in [-0.25, -0.2) is 0 Å². The van der Waals surface area contributed by atoms with E-state index in [-0.39, 0.29) is 29.5 Å². The highest BCUT2D eigenvalue weighted by atomic mass is 127. The topological polar surface area (TPSA) is 48.9 Å². The first-order chi connectivity index (χ1) is 11.7. The molecule has 0 bridgehead atoms. The van der Waals surface area contributed by atoms with E-state index < -0.39 is 0 Å². The molecule has 148 valence electrons. The number of hydrogen-bond donors (Lipinski definition) is 2. The van der Waals surface area contributed by atoms with Crippen LogP contribution < -0.4 is 10.6 Å². The fourth-order valence-electron chi connectivity index (χ4n) is 3.39. The van der Waals surface area contributed by atoms with Crippen LogP contribution in [0.25, 0.3) is 0 Å². The lowest BCUT2D eigenvalue weighted by atomic mass is 9.96. The van der Waals surface area contributed by atoms with Crippen molar-refractivity contribution < 1.29 is 4.74 Å². The van der Waals surface area contributed by atoms with Gasteiger partial charge in [0.05, 0.1) is 25.3 Å². The fraction of sp³-hybridized carbons (Fsp3) is 0.944. The Morgan fingerprint density at radius 2 is 2.04 bits per heavy atom. The number of nitrogens with one attached hydrogen (secondary N) is 2. The summed E-state index contributed by atoms with van der Waals surface area (Å²) in [5.41, 5.74) is 0.231. The Bertz CT molecular complexity index is 383. The van der Waals surface area contributed by atoms with Gasteiger partial charge in [-0.2, -0.15) is 11.8 Å². The zero-order chi connectivity index (χ0) is 17.3. The zero-order valence-electron chi connectivity index (χ0n) is 16.2. The predicted octanol–water partition coefficient (Wildman–Crippen LogP) is 2.80. The van der Waals surface area contributed by atoms with E-state index in [1.165, 1.54) is 30.8 Å². The van der Waals surface area contributed by atoms with Crippen molar-refractivity contribution in [2.75, 3.05) is 57.4 Å². The molecule has 0 radical (unpaired) electrons. The maximum atomic E-state index is 5.54. The van der Waals surface area contributed by atoms with E-state index in [0.29, 0.717) is 0 Å². The number of aliphatic imine (C=N–C) groups is 1. The molecule has 0 aromatic heterocycles. The molecule has 0 aromatic carbocycles. The predicted molar refractivity (Wildman–Crippen MR) is 121 cm³/mol. The van der Waals surface area contributed by atoms with Crippen LogP contribution in [-0.4, -0.2) is 73.8 Å². The molecule has 0 aliphatic carbocycles. The Labute approximate surface area is 175 Å². The van der Waals surface area contributed by atoms with Crippen molar-refractivity contribution in [1.29, 1.82) is 0 Å². The summed E-state index contributed by atoms with van der Waals surface area (Å²) in [7, 11) is 0. The lowest BCUT2D eigenvalue weighted by molar-refractivity contribution is -0.0104. The number of morpholine rings is 1. The molecule has 0 spiro atoms. The van der Waals surface area contributed by atoms with E-state index in [0.717, 1.165) is 57.8 Å². The van der Waals surface area contributed by atoms with Gasteiger partial charge in [-0.3, -0.25) is 9.89 Å². The second-order valence-electron chi connectivity index (χ2n) is 7.28. The summed E-state index contributed by atoms with van der Waals surface area (Å²) in [6.45, 7) is 13.3. The first-order valence-electron chi connectivity index (χ1n) is 9.59. The summed E-state index contributed by atoms with van der Waals surface area (Å²) in [5, 5.41) is 6.91. The van der Waals surface area contributed by atoms with E-state index >= 15 is 0 Å². The minimum atomic E-state index is 0. The van der Waals surface area contributed by atoms with Crippen molar-refractivity contribution in [3.8, 4) is 0 Å². The van der Waals surface area contributed by atoms with Crippen molar-refractivity contribution in [3.63, 3.8) is 0 Å². The van der Waals surface area contributed by atoms with Gasteiger partial charge in [-0.1, -0.05) is 13.8 Å². The third kappa shape index (κ3) is 7.81. The highest BCUT2D eigenvalue weighted by Crippen LogP contribution is 2.34. The molecule has 1 unspecified atom stereocenters. The Morgan fingerprint density at radius 3 is 2.64 bits per heavy atom. The average molecular weight is 484 g/mol. The number of nitrogens with zero attached hydrogens (tertiary/aromatic N) is 2. The van der Waals surface area contributed by atoms with E-state index in [4.69, 9.17) is 9.73 Å².